The lowest BCUT2D eigenvalue weighted by atomic mass is 10.0. The van der Waals surface area contributed by atoms with Crippen molar-refractivity contribution in [1.82, 2.24) is 0 Å². The van der Waals surface area contributed by atoms with Gasteiger partial charge in [-0.2, -0.15) is 0 Å². The van der Waals surface area contributed by atoms with E-state index < -0.39 is 0 Å². The third kappa shape index (κ3) is 2.86. The smallest absolute Gasteiger partial charge is 0.0511 e. The van der Waals surface area contributed by atoms with Crippen LogP contribution >= 0.6 is 0 Å². The Hall–Kier alpha value is -2.25. The van der Waals surface area contributed by atoms with Crippen LogP contribution in [0.2, 0.25) is 0 Å². The molecule has 0 N–H and O–H groups in total. The van der Waals surface area contributed by atoms with E-state index in [9.17, 15) is 0 Å². The summed E-state index contributed by atoms with van der Waals surface area (Å²) in [4.78, 5) is 2.77. The first-order chi connectivity index (χ1) is 8.29. The molecule has 0 aliphatic carbocycles. The molecule has 3 heteroatoms. The maximum absolute atomic E-state index is 8.31. The molecule has 0 radical (unpaired) electrons. The summed E-state index contributed by atoms with van der Waals surface area (Å²) < 4.78 is 0. The fourth-order valence-corrected chi connectivity index (χ4v) is 1.79. The second kappa shape index (κ2) is 5.19. The molecule has 0 saturated carbocycles. The lowest BCUT2D eigenvalue weighted by Gasteiger charge is -2.04. The Bertz CT molecular complexity index is 569. The van der Waals surface area contributed by atoms with Gasteiger partial charge >= 0.3 is 0 Å². The van der Waals surface area contributed by atoms with Gasteiger partial charge in [-0.15, -0.1) is 0 Å². The molecule has 2 rings (SSSR count). The molecular formula is C14H13N3. The summed E-state index contributed by atoms with van der Waals surface area (Å²) in [6.45, 7) is 2.48. The Morgan fingerprint density at radius 3 is 2.47 bits per heavy atom. The number of benzene rings is 2. The van der Waals surface area contributed by atoms with Crippen molar-refractivity contribution in [3.05, 3.63) is 70.1 Å². The van der Waals surface area contributed by atoms with Crippen molar-refractivity contribution in [2.75, 3.05) is 0 Å². The highest BCUT2D eigenvalue weighted by Crippen LogP contribution is 2.21. The van der Waals surface area contributed by atoms with Crippen LogP contribution in [0.3, 0.4) is 0 Å². The Labute approximate surface area is 100 Å². The minimum absolute atomic E-state index is 0.399. The van der Waals surface area contributed by atoms with E-state index in [0.29, 0.717) is 6.54 Å². The number of hydrogen-bond donors (Lipinski definition) is 0. The average molecular weight is 223 g/mol. The first-order valence-electron chi connectivity index (χ1n) is 5.46. The topological polar surface area (TPSA) is 48.8 Å². The molecule has 0 unspecified atom stereocenters. The number of nitrogens with zero attached hydrogens (tertiary/aromatic N) is 3. The molecule has 84 valence electrons. The lowest BCUT2D eigenvalue weighted by Crippen LogP contribution is -1.83. The van der Waals surface area contributed by atoms with Gasteiger partial charge in [-0.3, -0.25) is 0 Å². The Balaban J connectivity index is 2.35. The number of rotatable bonds is 3. The number of hydrogen-bond acceptors (Lipinski definition) is 1. The van der Waals surface area contributed by atoms with Crippen LogP contribution < -0.4 is 0 Å². The first-order valence-corrected chi connectivity index (χ1v) is 5.46. The van der Waals surface area contributed by atoms with Gasteiger partial charge in [0.25, 0.3) is 0 Å². The molecular weight excluding hydrogens is 210 g/mol. The van der Waals surface area contributed by atoms with E-state index in [1.54, 1.807) is 0 Å². The highest BCUT2D eigenvalue weighted by atomic mass is 15.1. The predicted octanol–water partition coefficient (Wildman–Crippen LogP) is 4.47. The summed E-state index contributed by atoms with van der Waals surface area (Å²) in [6.07, 6.45) is 0. The van der Waals surface area contributed by atoms with Crippen molar-refractivity contribution < 1.29 is 0 Å². The molecule has 0 saturated heterocycles. The second-order valence-electron chi connectivity index (χ2n) is 3.96. The van der Waals surface area contributed by atoms with Crippen LogP contribution in [0.5, 0.6) is 0 Å². The van der Waals surface area contributed by atoms with Gasteiger partial charge in [-0.1, -0.05) is 59.2 Å². The number of azide groups is 1. The van der Waals surface area contributed by atoms with E-state index in [1.165, 1.54) is 11.1 Å². The maximum atomic E-state index is 8.31. The maximum Gasteiger partial charge on any atom is 0.0511 e. The largest absolute Gasteiger partial charge is 0.0893 e. The van der Waals surface area contributed by atoms with Gasteiger partial charge < -0.3 is 0 Å². The van der Waals surface area contributed by atoms with Gasteiger partial charge in [0, 0.05) is 4.91 Å². The third-order valence-electron chi connectivity index (χ3n) is 2.59. The molecule has 2 aromatic rings. The predicted molar refractivity (Wildman–Crippen MR) is 69.5 cm³/mol. The van der Waals surface area contributed by atoms with E-state index in [1.807, 2.05) is 18.2 Å². The van der Waals surface area contributed by atoms with Crippen LogP contribution in [0.4, 0.5) is 0 Å². The Morgan fingerprint density at radius 1 is 1.06 bits per heavy atom. The molecule has 0 fully saturated rings. The fraction of sp³-hybridized carbons (Fsp3) is 0.143. The average Bonchev–Trinajstić information content (AvgIpc) is 2.37. The van der Waals surface area contributed by atoms with Crippen molar-refractivity contribution in [2.24, 2.45) is 5.11 Å². The summed E-state index contributed by atoms with van der Waals surface area (Å²) in [5.74, 6) is 0. The van der Waals surface area contributed by atoms with E-state index in [-0.39, 0.29) is 0 Å². The van der Waals surface area contributed by atoms with E-state index >= 15 is 0 Å². The minimum atomic E-state index is 0.399. The van der Waals surface area contributed by atoms with Crippen LogP contribution in [0.15, 0.2) is 53.6 Å². The molecule has 0 atom stereocenters. The van der Waals surface area contributed by atoms with Gasteiger partial charge in [0.1, 0.15) is 0 Å². The van der Waals surface area contributed by atoms with Crippen molar-refractivity contribution in [1.29, 1.82) is 0 Å². The van der Waals surface area contributed by atoms with Gasteiger partial charge in [-0.25, -0.2) is 0 Å². The summed E-state index contributed by atoms with van der Waals surface area (Å²) in [6, 6.07) is 16.4. The van der Waals surface area contributed by atoms with Crippen molar-refractivity contribution in [2.45, 2.75) is 13.5 Å². The van der Waals surface area contributed by atoms with Gasteiger partial charge in [0.05, 0.1) is 6.54 Å². The van der Waals surface area contributed by atoms with E-state index in [2.05, 4.69) is 47.3 Å². The molecule has 0 aromatic heterocycles. The molecule has 2 aromatic carbocycles. The summed E-state index contributed by atoms with van der Waals surface area (Å²) in [5.41, 5.74) is 12.9. The van der Waals surface area contributed by atoms with E-state index in [4.69, 9.17) is 5.53 Å². The third-order valence-corrected chi connectivity index (χ3v) is 2.59. The highest BCUT2D eigenvalue weighted by Gasteiger charge is 1.99. The summed E-state index contributed by atoms with van der Waals surface area (Å²) >= 11 is 0. The van der Waals surface area contributed by atoms with Crippen LogP contribution in [-0.2, 0) is 6.54 Å². The van der Waals surface area contributed by atoms with Gasteiger partial charge in [0.2, 0.25) is 0 Å². The zero-order valence-corrected chi connectivity index (χ0v) is 9.67. The van der Waals surface area contributed by atoms with Crippen molar-refractivity contribution >= 4 is 0 Å². The molecule has 0 bridgehead atoms. The minimum Gasteiger partial charge on any atom is -0.0893 e. The normalized spacial score (nSPS) is 9.71. The van der Waals surface area contributed by atoms with Crippen LogP contribution in [-0.4, -0.2) is 0 Å². The monoisotopic (exact) mass is 223 g/mol. The fourth-order valence-electron chi connectivity index (χ4n) is 1.79. The van der Waals surface area contributed by atoms with Crippen LogP contribution in [0, 0.1) is 6.92 Å². The number of aryl methyl sites for hydroxylation is 1. The zero-order chi connectivity index (χ0) is 12.1. The lowest BCUT2D eigenvalue weighted by molar-refractivity contribution is 1.05. The SMILES string of the molecule is Cc1cccc(-c2cccc(CN=[N+]=[N-])c2)c1. The highest BCUT2D eigenvalue weighted by molar-refractivity contribution is 5.64. The van der Waals surface area contributed by atoms with E-state index in [0.717, 1.165) is 11.1 Å². The van der Waals surface area contributed by atoms with Crippen LogP contribution in [0.1, 0.15) is 11.1 Å². The van der Waals surface area contributed by atoms with Gasteiger partial charge in [0.15, 0.2) is 0 Å². The molecule has 0 aliphatic rings. The van der Waals surface area contributed by atoms with Gasteiger partial charge in [-0.05, 0) is 29.1 Å². The molecule has 0 aliphatic heterocycles. The quantitative estimate of drug-likeness (QED) is 0.418. The Morgan fingerprint density at radius 2 is 1.76 bits per heavy atom. The van der Waals surface area contributed by atoms with Crippen LogP contribution in [0.25, 0.3) is 21.6 Å². The molecule has 17 heavy (non-hydrogen) atoms. The van der Waals surface area contributed by atoms with Crippen molar-refractivity contribution in [3.8, 4) is 11.1 Å². The summed E-state index contributed by atoms with van der Waals surface area (Å²) in [7, 11) is 0. The zero-order valence-electron chi connectivity index (χ0n) is 9.67. The Kier molecular flexibility index (Phi) is 3.43. The second-order valence-corrected chi connectivity index (χ2v) is 3.96. The van der Waals surface area contributed by atoms with Crippen molar-refractivity contribution in [3.63, 3.8) is 0 Å². The molecule has 0 spiro atoms. The standard InChI is InChI=1S/C14H13N3/c1-11-4-2-6-13(8-11)14-7-3-5-12(9-14)10-16-17-15/h2-9H,10H2,1H3. The molecule has 3 nitrogen and oxygen atoms in total. The first kappa shape index (κ1) is 11.2. The molecule has 0 amide bonds. The molecule has 0 heterocycles. The summed E-state index contributed by atoms with van der Waals surface area (Å²) in [5, 5.41) is 3.57.